The van der Waals surface area contributed by atoms with Crippen LogP contribution in [0.15, 0.2) is 6.07 Å². The van der Waals surface area contributed by atoms with Crippen molar-refractivity contribution in [2.24, 2.45) is 0 Å². The van der Waals surface area contributed by atoms with Crippen LogP contribution in [0.25, 0.3) is 0 Å². The van der Waals surface area contributed by atoms with E-state index in [9.17, 15) is 9.90 Å². The molecule has 0 aliphatic rings. The Morgan fingerprint density at radius 2 is 2.40 bits per heavy atom. The third-order valence-electron chi connectivity index (χ3n) is 1.16. The van der Waals surface area contributed by atoms with Gasteiger partial charge in [0.25, 0.3) is 0 Å². The molecular formula is C6H6NO2Se-. The first-order valence-corrected chi connectivity index (χ1v) is 4.40. The number of carboxylic acid groups (broad SMARTS) is 1. The Labute approximate surface area is 64.2 Å². The molecule has 0 bridgehead atoms. The standard InChI is InChI=1S/C6H7NO2Se/c1-3-4(7)2-5(10-3)6(8)9/h2H,7H2,1H3,(H,8,9)/p-1. The Morgan fingerprint density at radius 3 is 2.60 bits per heavy atom. The summed E-state index contributed by atoms with van der Waals surface area (Å²) in [6.07, 6.45) is 0. The van der Waals surface area contributed by atoms with Gasteiger partial charge in [-0.1, -0.05) is 0 Å². The average Bonchev–Trinajstić information content (AvgIpc) is 2.13. The summed E-state index contributed by atoms with van der Waals surface area (Å²) in [6.45, 7) is 1.84. The molecule has 0 saturated heterocycles. The van der Waals surface area contributed by atoms with Crippen molar-refractivity contribution < 1.29 is 9.90 Å². The summed E-state index contributed by atoms with van der Waals surface area (Å²) in [7, 11) is 0. The van der Waals surface area contributed by atoms with Crippen molar-refractivity contribution in [1.82, 2.24) is 0 Å². The summed E-state index contributed by atoms with van der Waals surface area (Å²) >= 11 is -0.108. The average molecular weight is 203 g/mol. The number of hydrogen-bond donors (Lipinski definition) is 1. The van der Waals surface area contributed by atoms with Gasteiger partial charge >= 0.3 is 63.7 Å². The molecule has 1 aromatic heterocycles. The number of anilines is 1. The Hall–Kier alpha value is -0.731. The van der Waals surface area contributed by atoms with Crippen LogP contribution in [0.2, 0.25) is 0 Å². The van der Waals surface area contributed by atoms with Crippen molar-refractivity contribution in [1.29, 1.82) is 0 Å². The maximum atomic E-state index is 10.2. The number of hydrogen-bond acceptors (Lipinski definition) is 3. The molecule has 0 aliphatic heterocycles. The Balaban J connectivity index is 3.10. The molecule has 1 aromatic rings. The summed E-state index contributed by atoms with van der Waals surface area (Å²) in [6, 6.07) is 1.48. The first-order chi connectivity index (χ1) is 4.61. The van der Waals surface area contributed by atoms with Crippen LogP contribution in [0.5, 0.6) is 0 Å². The molecule has 0 aromatic carbocycles. The fourth-order valence-corrected chi connectivity index (χ4v) is 2.22. The van der Waals surface area contributed by atoms with E-state index in [2.05, 4.69) is 0 Å². The van der Waals surface area contributed by atoms with Gasteiger partial charge in [-0.2, -0.15) is 0 Å². The van der Waals surface area contributed by atoms with E-state index in [1.165, 1.54) is 6.07 Å². The molecule has 0 amide bonds. The van der Waals surface area contributed by atoms with Crippen LogP contribution in [0.4, 0.5) is 5.69 Å². The quantitative estimate of drug-likeness (QED) is 0.595. The molecule has 0 saturated carbocycles. The molecule has 10 heavy (non-hydrogen) atoms. The third-order valence-corrected chi connectivity index (χ3v) is 3.35. The van der Waals surface area contributed by atoms with E-state index in [-0.39, 0.29) is 14.5 Å². The van der Waals surface area contributed by atoms with Gasteiger partial charge in [-0.25, -0.2) is 0 Å². The van der Waals surface area contributed by atoms with Crippen molar-refractivity contribution in [3.05, 3.63) is 14.9 Å². The number of nitrogen functional groups attached to an aromatic ring is 1. The molecule has 0 spiro atoms. The van der Waals surface area contributed by atoms with Gasteiger partial charge in [0.2, 0.25) is 0 Å². The van der Waals surface area contributed by atoms with Gasteiger partial charge in [-0.05, 0) is 0 Å². The summed E-state index contributed by atoms with van der Waals surface area (Å²) in [5, 5.41) is 10.2. The minimum atomic E-state index is -1.10. The van der Waals surface area contributed by atoms with Crippen LogP contribution in [-0.4, -0.2) is 20.5 Å². The second kappa shape index (κ2) is 2.48. The number of carbonyl (C=O) groups is 1. The fourth-order valence-electron chi connectivity index (χ4n) is 0.597. The molecule has 4 heteroatoms. The van der Waals surface area contributed by atoms with E-state index in [0.717, 1.165) is 4.44 Å². The van der Waals surface area contributed by atoms with E-state index in [1.54, 1.807) is 0 Å². The van der Waals surface area contributed by atoms with Crippen molar-refractivity contribution in [3.8, 4) is 0 Å². The van der Waals surface area contributed by atoms with Crippen molar-refractivity contribution in [3.63, 3.8) is 0 Å². The zero-order chi connectivity index (χ0) is 7.72. The monoisotopic (exact) mass is 204 g/mol. The summed E-state index contributed by atoms with van der Waals surface area (Å²) < 4.78 is 1.30. The van der Waals surface area contributed by atoms with Gasteiger partial charge in [-0.15, -0.1) is 0 Å². The van der Waals surface area contributed by atoms with Crippen molar-refractivity contribution in [2.45, 2.75) is 6.92 Å². The third kappa shape index (κ3) is 1.23. The molecule has 0 unspecified atom stereocenters. The summed E-state index contributed by atoms with van der Waals surface area (Å²) in [5.41, 5.74) is 6.02. The molecule has 0 atom stereocenters. The molecule has 3 nitrogen and oxygen atoms in total. The molecule has 1 heterocycles. The van der Waals surface area contributed by atoms with E-state index >= 15 is 0 Å². The number of aryl methyl sites for hydroxylation is 1. The molecule has 2 N–H and O–H groups in total. The normalized spacial score (nSPS) is 9.70. The topological polar surface area (TPSA) is 66.1 Å². The zero-order valence-corrected chi connectivity index (χ0v) is 7.09. The van der Waals surface area contributed by atoms with Crippen LogP contribution in [0, 0.1) is 6.92 Å². The van der Waals surface area contributed by atoms with Gasteiger partial charge in [0, 0.05) is 0 Å². The summed E-state index contributed by atoms with van der Waals surface area (Å²) in [4.78, 5) is 10.2. The second-order valence-corrected chi connectivity index (χ2v) is 4.55. The summed E-state index contributed by atoms with van der Waals surface area (Å²) in [5.74, 6) is -1.10. The number of carboxylic acids is 1. The molecule has 54 valence electrons. The second-order valence-electron chi connectivity index (χ2n) is 1.91. The molecule has 1 rings (SSSR count). The van der Waals surface area contributed by atoms with Gasteiger partial charge in [0.15, 0.2) is 0 Å². The number of nitrogens with two attached hydrogens (primary N) is 1. The molecule has 0 radical (unpaired) electrons. The fraction of sp³-hybridized carbons (Fsp3) is 0.167. The van der Waals surface area contributed by atoms with Crippen LogP contribution in [0.3, 0.4) is 0 Å². The Bertz CT molecular complexity index is 247. The first kappa shape index (κ1) is 7.38. The van der Waals surface area contributed by atoms with Crippen molar-refractivity contribution >= 4 is 26.2 Å². The molecule has 0 aliphatic carbocycles. The number of carbonyl (C=O) groups excluding carboxylic acids is 1. The number of rotatable bonds is 1. The van der Waals surface area contributed by atoms with Crippen LogP contribution >= 0.6 is 0 Å². The van der Waals surface area contributed by atoms with E-state index in [4.69, 9.17) is 5.73 Å². The Kier molecular flexibility index (Phi) is 1.83. The van der Waals surface area contributed by atoms with E-state index in [1.807, 2.05) is 6.92 Å². The predicted octanol–water partition coefficient (Wildman–Crippen LogP) is -1.00. The Morgan fingerprint density at radius 1 is 1.80 bits per heavy atom. The molecule has 0 fully saturated rings. The maximum absolute atomic E-state index is 10.2. The van der Waals surface area contributed by atoms with Gasteiger partial charge in [-0.3, -0.25) is 0 Å². The van der Waals surface area contributed by atoms with Crippen LogP contribution in [0.1, 0.15) is 13.7 Å². The van der Waals surface area contributed by atoms with Crippen molar-refractivity contribution in [2.75, 3.05) is 5.73 Å². The van der Waals surface area contributed by atoms with E-state index in [0.29, 0.717) is 10.1 Å². The van der Waals surface area contributed by atoms with Gasteiger partial charge in [0.05, 0.1) is 0 Å². The zero-order valence-electron chi connectivity index (χ0n) is 5.38. The first-order valence-electron chi connectivity index (χ1n) is 2.68. The van der Waals surface area contributed by atoms with Gasteiger partial charge < -0.3 is 0 Å². The van der Waals surface area contributed by atoms with Crippen LogP contribution in [-0.2, 0) is 0 Å². The SMILES string of the molecule is Cc1[se]c(C(=O)[O-])cc1N. The minimum absolute atomic E-state index is 0.108. The van der Waals surface area contributed by atoms with Gasteiger partial charge in [0.1, 0.15) is 0 Å². The number of aromatic carboxylic acids is 1. The van der Waals surface area contributed by atoms with E-state index < -0.39 is 5.97 Å². The predicted molar refractivity (Wildman–Crippen MR) is 36.9 cm³/mol. The molecular weight excluding hydrogens is 197 g/mol. The van der Waals surface area contributed by atoms with Crippen LogP contribution < -0.4 is 10.8 Å².